The third kappa shape index (κ3) is 9.97. The van der Waals surface area contributed by atoms with Gasteiger partial charge in [0.2, 0.25) is 0 Å². The Hall–Kier alpha value is -1.55. The molecule has 1 atom stereocenters. The molecule has 1 fully saturated rings. The van der Waals surface area contributed by atoms with E-state index >= 15 is 0 Å². The van der Waals surface area contributed by atoms with Gasteiger partial charge in [-0.15, -0.1) is 24.0 Å². The number of benzene rings is 1. The van der Waals surface area contributed by atoms with Crippen molar-refractivity contribution in [3.8, 4) is 5.75 Å². The first-order chi connectivity index (χ1) is 14.1. The number of esters is 1. The predicted molar refractivity (Wildman–Crippen MR) is 130 cm³/mol. The summed E-state index contributed by atoms with van der Waals surface area (Å²) < 4.78 is 16.2. The van der Waals surface area contributed by atoms with Gasteiger partial charge in [0.15, 0.2) is 5.96 Å². The van der Waals surface area contributed by atoms with Gasteiger partial charge in [0.05, 0.1) is 26.9 Å². The number of carbonyl (C=O) groups excluding carboxylic acids is 1. The molecule has 2 N–H and O–H groups in total. The Morgan fingerprint density at radius 1 is 1.27 bits per heavy atom. The van der Waals surface area contributed by atoms with Gasteiger partial charge in [-0.1, -0.05) is 18.6 Å². The number of aryl methyl sites for hydroxylation is 1. The normalized spacial score (nSPS) is 16.0. The first-order valence-electron chi connectivity index (χ1n) is 10.5. The second kappa shape index (κ2) is 15.3. The molecule has 1 aromatic rings. The summed E-state index contributed by atoms with van der Waals surface area (Å²) in [5.74, 6) is 1.53. The second-order valence-corrected chi connectivity index (χ2v) is 7.22. The van der Waals surface area contributed by atoms with E-state index in [2.05, 4.69) is 40.5 Å². The predicted octanol–water partition coefficient (Wildman–Crippen LogP) is 3.57. The number of nitrogens with zero attached hydrogens (tertiary/aromatic N) is 1. The molecule has 30 heavy (non-hydrogen) atoms. The average Bonchev–Trinajstić information content (AvgIpc) is 3.22. The molecule has 0 amide bonds. The highest BCUT2D eigenvalue weighted by Gasteiger charge is 2.18. The number of hydrogen-bond acceptors (Lipinski definition) is 5. The summed E-state index contributed by atoms with van der Waals surface area (Å²) in [5.41, 5.74) is 2.24. The van der Waals surface area contributed by atoms with Crippen molar-refractivity contribution in [1.82, 2.24) is 10.6 Å². The van der Waals surface area contributed by atoms with Crippen LogP contribution in [-0.2, 0) is 20.8 Å². The van der Waals surface area contributed by atoms with E-state index < -0.39 is 0 Å². The van der Waals surface area contributed by atoms with E-state index in [0.29, 0.717) is 19.6 Å². The highest BCUT2D eigenvalue weighted by Crippen LogP contribution is 2.24. The summed E-state index contributed by atoms with van der Waals surface area (Å²) >= 11 is 0. The lowest BCUT2D eigenvalue weighted by molar-refractivity contribution is -0.140. The van der Waals surface area contributed by atoms with Crippen LogP contribution in [0.4, 0.5) is 0 Å². The maximum Gasteiger partial charge on any atom is 0.305 e. The van der Waals surface area contributed by atoms with Crippen molar-refractivity contribution in [2.75, 3.05) is 33.4 Å². The van der Waals surface area contributed by atoms with Crippen LogP contribution in [0, 0.1) is 6.92 Å². The Morgan fingerprint density at radius 2 is 2.10 bits per heavy atom. The molecular formula is C22H36IN3O4. The zero-order valence-electron chi connectivity index (χ0n) is 18.4. The highest BCUT2D eigenvalue weighted by molar-refractivity contribution is 14.0. The van der Waals surface area contributed by atoms with Crippen molar-refractivity contribution in [2.24, 2.45) is 4.99 Å². The minimum atomic E-state index is -0.145. The van der Waals surface area contributed by atoms with Gasteiger partial charge in [-0.05, 0) is 38.3 Å². The van der Waals surface area contributed by atoms with Gasteiger partial charge in [0.25, 0.3) is 0 Å². The highest BCUT2D eigenvalue weighted by atomic mass is 127. The molecule has 0 spiro atoms. The number of ether oxygens (including phenoxy) is 3. The summed E-state index contributed by atoms with van der Waals surface area (Å²) in [7, 11) is 1.43. The van der Waals surface area contributed by atoms with Crippen LogP contribution < -0.4 is 15.4 Å². The topological polar surface area (TPSA) is 81.2 Å². The summed E-state index contributed by atoms with van der Waals surface area (Å²) in [5, 5.41) is 6.64. The first kappa shape index (κ1) is 26.5. The molecule has 0 radical (unpaired) electrons. The monoisotopic (exact) mass is 533 g/mol. The smallest absolute Gasteiger partial charge is 0.305 e. The maximum atomic E-state index is 11.1. The summed E-state index contributed by atoms with van der Waals surface area (Å²) in [6.45, 7) is 7.68. The fraction of sp³-hybridized carbons (Fsp3) is 0.636. The number of hydrogen-bond donors (Lipinski definition) is 2. The fourth-order valence-electron chi connectivity index (χ4n) is 3.07. The number of halogens is 1. The van der Waals surface area contributed by atoms with Gasteiger partial charge in [-0.2, -0.15) is 0 Å². The number of nitrogens with one attached hydrogen (secondary N) is 2. The Morgan fingerprint density at radius 3 is 2.80 bits per heavy atom. The minimum Gasteiger partial charge on any atom is -0.488 e. The molecule has 1 aliphatic rings. The number of rotatable bonds is 11. The van der Waals surface area contributed by atoms with Crippen LogP contribution in [0.15, 0.2) is 23.2 Å². The molecule has 1 heterocycles. The molecule has 0 saturated carbocycles. The van der Waals surface area contributed by atoms with Crippen LogP contribution in [0.3, 0.4) is 0 Å². The van der Waals surface area contributed by atoms with Crippen LogP contribution in [0.5, 0.6) is 5.75 Å². The van der Waals surface area contributed by atoms with E-state index in [0.717, 1.165) is 62.7 Å². The van der Waals surface area contributed by atoms with Gasteiger partial charge in [-0.3, -0.25) is 4.79 Å². The van der Waals surface area contributed by atoms with Crippen LogP contribution in [-0.4, -0.2) is 51.4 Å². The SMILES string of the molecule is CCNC(=NCc1ccc(C)cc1OC1CCOC1)NCCCCCC(=O)OC.I. The molecule has 1 unspecified atom stereocenters. The van der Waals surface area contributed by atoms with Crippen molar-refractivity contribution in [3.63, 3.8) is 0 Å². The zero-order chi connectivity index (χ0) is 20.9. The summed E-state index contributed by atoms with van der Waals surface area (Å²) in [6, 6.07) is 6.25. The zero-order valence-corrected chi connectivity index (χ0v) is 20.7. The Kier molecular flexibility index (Phi) is 13.5. The van der Waals surface area contributed by atoms with Gasteiger partial charge in [-0.25, -0.2) is 4.99 Å². The molecule has 2 rings (SSSR count). The molecule has 0 aliphatic carbocycles. The molecule has 0 bridgehead atoms. The molecule has 1 aromatic carbocycles. The molecule has 7 nitrogen and oxygen atoms in total. The standard InChI is InChI=1S/C22H35N3O4.HI/c1-4-23-22(24-12-7-5-6-8-21(26)27-3)25-15-18-10-9-17(2)14-20(18)29-19-11-13-28-16-19;/h9-10,14,19H,4-8,11-13,15-16H2,1-3H3,(H2,23,24,25);1H. The quantitative estimate of drug-likeness (QED) is 0.149. The summed E-state index contributed by atoms with van der Waals surface area (Å²) in [4.78, 5) is 15.8. The molecule has 1 aliphatic heterocycles. The first-order valence-corrected chi connectivity index (χ1v) is 10.5. The van der Waals surface area contributed by atoms with Crippen LogP contribution in [0.1, 0.15) is 50.2 Å². The second-order valence-electron chi connectivity index (χ2n) is 7.22. The Labute approximate surface area is 197 Å². The number of carbonyl (C=O) groups is 1. The molecule has 170 valence electrons. The third-order valence-electron chi connectivity index (χ3n) is 4.73. The van der Waals surface area contributed by atoms with E-state index in [1.807, 2.05) is 6.92 Å². The van der Waals surface area contributed by atoms with Gasteiger partial charge in [0.1, 0.15) is 11.9 Å². The van der Waals surface area contributed by atoms with E-state index in [4.69, 9.17) is 14.5 Å². The van der Waals surface area contributed by atoms with E-state index in [9.17, 15) is 4.79 Å². The van der Waals surface area contributed by atoms with Gasteiger partial charge in [0, 0.05) is 31.5 Å². The van der Waals surface area contributed by atoms with Crippen molar-refractivity contribution in [3.05, 3.63) is 29.3 Å². The van der Waals surface area contributed by atoms with Crippen LogP contribution in [0.25, 0.3) is 0 Å². The fourth-order valence-corrected chi connectivity index (χ4v) is 3.07. The van der Waals surface area contributed by atoms with Crippen LogP contribution in [0.2, 0.25) is 0 Å². The number of guanidine groups is 1. The van der Waals surface area contributed by atoms with Crippen molar-refractivity contribution in [2.45, 2.75) is 58.6 Å². The van der Waals surface area contributed by atoms with Crippen molar-refractivity contribution < 1.29 is 19.0 Å². The maximum absolute atomic E-state index is 11.1. The molecular weight excluding hydrogens is 497 g/mol. The third-order valence-corrected chi connectivity index (χ3v) is 4.73. The van der Waals surface area contributed by atoms with E-state index in [-0.39, 0.29) is 36.0 Å². The molecule has 1 saturated heterocycles. The summed E-state index contributed by atoms with van der Waals surface area (Å²) in [6.07, 6.45) is 4.32. The van der Waals surface area contributed by atoms with Gasteiger partial charge >= 0.3 is 5.97 Å². The van der Waals surface area contributed by atoms with E-state index in [1.54, 1.807) is 0 Å². The Bertz CT molecular complexity index is 664. The van der Waals surface area contributed by atoms with Crippen molar-refractivity contribution in [1.29, 1.82) is 0 Å². The number of aliphatic imine (C=N–C) groups is 1. The average molecular weight is 533 g/mol. The lowest BCUT2D eigenvalue weighted by Crippen LogP contribution is -2.37. The Balaban J connectivity index is 0.00000450. The lowest BCUT2D eigenvalue weighted by atomic mass is 10.1. The number of methoxy groups -OCH3 is 1. The number of unbranched alkanes of at least 4 members (excludes halogenated alkanes) is 2. The largest absolute Gasteiger partial charge is 0.488 e. The lowest BCUT2D eigenvalue weighted by Gasteiger charge is -2.16. The molecule has 0 aromatic heterocycles. The van der Waals surface area contributed by atoms with Crippen molar-refractivity contribution >= 4 is 35.9 Å². The van der Waals surface area contributed by atoms with E-state index in [1.165, 1.54) is 12.7 Å². The minimum absolute atomic E-state index is 0. The molecule has 8 heteroatoms. The van der Waals surface area contributed by atoms with Crippen LogP contribution >= 0.6 is 24.0 Å². The van der Waals surface area contributed by atoms with Gasteiger partial charge < -0.3 is 24.8 Å².